The summed E-state index contributed by atoms with van der Waals surface area (Å²) < 4.78 is 32.3. The van der Waals surface area contributed by atoms with Crippen LogP contribution in [0.2, 0.25) is 0 Å². The summed E-state index contributed by atoms with van der Waals surface area (Å²) in [6.07, 6.45) is 0. The predicted molar refractivity (Wildman–Crippen MR) is 107 cm³/mol. The Hall–Kier alpha value is -2.16. The topological polar surface area (TPSA) is 74.1 Å². The Morgan fingerprint density at radius 1 is 1.07 bits per heavy atom. The van der Waals surface area contributed by atoms with Crippen LogP contribution < -0.4 is 0 Å². The summed E-state index contributed by atoms with van der Waals surface area (Å²) in [5.41, 5.74) is 0.787. The first-order valence-corrected chi connectivity index (χ1v) is 11.0. The number of amides is 1. The summed E-state index contributed by atoms with van der Waals surface area (Å²) in [5.74, 6) is 1.58. The van der Waals surface area contributed by atoms with Crippen LogP contribution in [0.5, 0.6) is 0 Å². The molecule has 1 fully saturated rings. The van der Waals surface area contributed by atoms with Crippen LogP contribution in [0.4, 0.5) is 0 Å². The molecular weight excluding hydrogens is 378 g/mol. The summed E-state index contributed by atoms with van der Waals surface area (Å²) in [7, 11) is -1.59. The molecule has 0 unspecified atom stereocenters. The van der Waals surface area contributed by atoms with Crippen molar-refractivity contribution in [1.29, 1.82) is 0 Å². The molecule has 3 rings (SSSR count). The van der Waals surface area contributed by atoms with Crippen LogP contribution in [-0.4, -0.2) is 68.2 Å². The SMILES string of the molecule is Cc1ccc(CN(C)C(=O)CN2CCN(S(=O)(=O)Cc3ccccc3)CC2)o1. The van der Waals surface area contributed by atoms with E-state index in [9.17, 15) is 13.2 Å². The second-order valence-electron chi connectivity index (χ2n) is 7.18. The van der Waals surface area contributed by atoms with Gasteiger partial charge in [-0.05, 0) is 24.6 Å². The molecule has 1 aromatic heterocycles. The van der Waals surface area contributed by atoms with Crippen molar-refractivity contribution in [2.24, 2.45) is 0 Å². The van der Waals surface area contributed by atoms with Crippen molar-refractivity contribution >= 4 is 15.9 Å². The van der Waals surface area contributed by atoms with Crippen molar-refractivity contribution in [1.82, 2.24) is 14.1 Å². The van der Waals surface area contributed by atoms with Gasteiger partial charge in [0, 0.05) is 33.2 Å². The Morgan fingerprint density at radius 2 is 1.75 bits per heavy atom. The Bertz CT molecular complexity index is 887. The lowest BCUT2D eigenvalue weighted by molar-refractivity contribution is -0.132. The number of rotatable bonds is 7. The van der Waals surface area contributed by atoms with Gasteiger partial charge in [0.25, 0.3) is 0 Å². The van der Waals surface area contributed by atoms with Crippen molar-refractivity contribution in [3.8, 4) is 0 Å². The molecule has 28 heavy (non-hydrogen) atoms. The molecule has 1 amide bonds. The van der Waals surface area contributed by atoms with Crippen molar-refractivity contribution in [3.05, 3.63) is 59.5 Å². The molecule has 8 heteroatoms. The zero-order valence-corrected chi connectivity index (χ0v) is 17.2. The van der Waals surface area contributed by atoms with Gasteiger partial charge in [-0.3, -0.25) is 9.69 Å². The molecule has 1 aromatic carbocycles. The van der Waals surface area contributed by atoms with Crippen LogP contribution in [0, 0.1) is 6.92 Å². The molecule has 0 atom stereocenters. The van der Waals surface area contributed by atoms with Crippen molar-refractivity contribution in [2.45, 2.75) is 19.2 Å². The van der Waals surface area contributed by atoms with E-state index in [-0.39, 0.29) is 18.2 Å². The molecule has 1 saturated heterocycles. The summed E-state index contributed by atoms with van der Waals surface area (Å²) in [5, 5.41) is 0. The van der Waals surface area contributed by atoms with Gasteiger partial charge in [0.05, 0.1) is 18.8 Å². The van der Waals surface area contributed by atoms with E-state index in [1.54, 1.807) is 11.9 Å². The van der Waals surface area contributed by atoms with E-state index in [1.807, 2.05) is 54.3 Å². The van der Waals surface area contributed by atoms with Crippen LogP contribution >= 0.6 is 0 Å². The van der Waals surface area contributed by atoms with E-state index in [0.717, 1.165) is 17.1 Å². The predicted octanol–water partition coefficient (Wildman–Crippen LogP) is 1.69. The minimum absolute atomic E-state index is 0.00496. The highest BCUT2D eigenvalue weighted by molar-refractivity contribution is 7.88. The number of nitrogens with zero attached hydrogens (tertiary/aromatic N) is 3. The number of carbonyl (C=O) groups excluding carboxylic acids is 1. The highest BCUT2D eigenvalue weighted by Gasteiger charge is 2.28. The Balaban J connectivity index is 1.47. The first-order valence-electron chi connectivity index (χ1n) is 9.37. The lowest BCUT2D eigenvalue weighted by Gasteiger charge is -2.34. The zero-order valence-electron chi connectivity index (χ0n) is 16.4. The van der Waals surface area contributed by atoms with Crippen LogP contribution in [0.3, 0.4) is 0 Å². The monoisotopic (exact) mass is 405 g/mol. The number of carbonyl (C=O) groups is 1. The maximum atomic E-state index is 12.6. The van der Waals surface area contributed by atoms with E-state index in [4.69, 9.17) is 4.42 Å². The van der Waals surface area contributed by atoms with Gasteiger partial charge in [-0.2, -0.15) is 4.31 Å². The smallest absolute Gasteiger partial charge is 0.236 e. The number of furan rings is 1. The summed E-state index contributed by atoms with van der Waals surface area (Å²) in [6, 6.07) is 12.9. The normalized spacial score (nSPS) is 16.2. The molecule has 2 aromatic rings. The van der Waals surface area contributed by atoms with Crippen LogP contribution in [-0.2, 0) is 27.1 Å². The molecule has 0 saturated carbocycles. The number of piperazine rings is 1. The Morgan fingerprint density at radius 3 is 2.36 bits per heavy atom. The average Bonchev–Trinajstić information content (AvgIpc) is 3.07. The number of sulfonamides is 1. The van der Waals surface area contributed by atoms with Crippen molar-refractivity contribution in [2.75, 3.05) is 39.8 Å². The van der Waals surface area contributed by atoms with Gasteiger partial charge in [0.1, 0.15) is 11.5 Å². The van der Waals surface area contributed by atoms with Gasteiger partial charge >= 0.3 is 0 Å². The standard InChI is InChI=1S/C20H27N3O4S/c1-17-8-9-19(27-17)14-21(2)20(24)15-22-10-12-23(13-11-22)28(25,26)16-18-6-4-3-5-7-18/h3-9H,10-16H2,1-2H3. The highest BCUT2D eigenvalue weighted by Crippen LogP contribution is 2.14. The second kappa shape index (κ2) is 8.89. The highest BCUT2D eigenvalue weighted by atomic mass is 32.2. The number of likely N-dealkylation sites (N-methyl/N-ethyl adjacent to an activating group) is 1. The largest absolute Gasteiger partial charge is 0.464 e. The van der Waals surface area contributed by atoms with E-state index >= 15 is 0 Å². The quantitative estimate of drug-likeness (QED) is 0.701. The van der Waals surface area contributed by atoms with E-state index in [2.05, 4.69) is 0 Å². The first-order chi connectivity index (χ1) is 13.3. The maximum absolute atomic E-state index is 12.6. The molecule has 0 bridgehead atoms. The van der Waals surface area contributed by atoms with Gasteiger partial charge < -0.3 is 9.32 Å². The molecule has 1 aliphatic rings. The lowest BCUT2D eigenvalue weighted by atomic mass is 10.2. The van der Waals surface area contributed by atoms with E-state index in [1.165, 1.54) is 4.31 Å². The summed E-state index contributed by atoms with van der Waals surface area (Å²) in [6.45, 7) is 4.49. The lowest BCUT2D eigenvalue weighted by Crippen LogP contribution is -2.51. The minimum Gasteiger partial charge on any atom is -0.464 e. The molecule has 7 nitrogen and oxygen atoms in total. The molecule has 0 aliphatic carbocycles. The fourth-order valence-corrected chi connectivity index (χ4v) is 4.76. The molecule has 0 N–H and O–H groups in total. The van der Waals surface area contributed by atoms with Crippen LogP contribution in [0.15, 0.2) is 46.9 Å². The zero-order chi connectivity index (χ0) is 20.1. The number of aryl methyl sites for hydroxylation is 1. The fourth-order valence-electron chi connectivity index (χ4n) is 3.25. The van der Waals surface area contributed by atoms with Gasteiger partial charge in [-0.1, -0.05) is 30.3 Å². The average molecular weight is 406 g/mol. The van der Waals surface area contributed by atoms with E-state index < -0.39 is 10.0 Å². The molecule has 152 valence electrons. The molecular formula is C20H27N3O4S. The third-order valence-corrected chi connectivity index (χ3v) is 6.74. The van der Waals surface area contributed by atoms with Gasteiger partial charge in [-0.25, -0.2) is 8.42 Å². The van der Waals surface area contributed by atoms with Crippen molar-refractivity contribution in [3.63, 3.8) is 0 Å². The minimum atomic E-state index is -3.34. The summed E-state index contributed by atoms with van der Waals surface area (Å²) >= 11 is 0. The number of benzene rings is 1. The van der Waals surface area contributed by atoms with Gasteiger partial charge in [0.15, 0.2) is 0 Å². The third-order valence-electron chi connectivity index (χ3n) is 4.89. The van der Waals surface area contributed by atoms with Crippen LogP contribution in [0.1, 0.15) is 17.1 Å². The van der Waals surface area contributed by atoms with Gasteiger partial charge in [0.2, 0.25) is 15.9 Å². The first kappa shape index (κ1) is 20.6. The Kier molecular flexibility index (Phi) is 6.53. The second-order valence-corrected chi connectivity index (χ2v) is 9.15. The van der Waals surface area contributed by atoms with Crippen molar-refractivity contribution < 1.29 is 17.6 Å². The fraction of sp³-hybridized carbons (Fsp3) is 0.450. The third kappa shape index (κ3) is 5.43. The van der Waals surface area contributed by atoms with Crippen LogP contribution in [0.25, 0.3) is 0 Å². The summed E-state index contributed by atoms with van der Waals surface area (Å²) in [4.78, 5) is 16.1. The Labute approximate surface area is 166 Å². The van der Waals surface area contributed by atoms with E-state index in [0.29, 0.717) is 32.7 Å². The molecule has 2 heterocycles. The number of hydrogen-bond donors (Lipinski definition) is 0. The molecule has 1 aliphatic heterocycles. The molecule has 0 radical (unpaired) electrons. The molecule has 0 spiro atoms. The van der Waals surface area contributed by atoms with Gasteiger partial charge in [-0.15, -0.1) is 0 Å². The maximum Gasteiger partial charge on any atom is 0.236 e. The number of hydrogen-bond acceptors (Lipinski definition) is 5.